The molecule has 3 N–H and O–H groups in total. The Balaban J connectivity index is 1.35. The van der Waals surface area contributed by atoms with Crippen molar-refractivity contribution < 1.29 is 29.0 Å². The Bertz CT molecular complexity index is 1500. The Morgan fingerprint density at radius 3 is 2.18 bits per heavy atom. The van der Waals surface area contributed by atoms with Crippen LogP contribution in [-0.2, 0) is 20.7 Å². The van der Waals surface area contributed by atoms with Crippen LogP contribution < -0.4 is 15.5 Å². The highest BCUT2D eigenvalue weighted by Gasteiger charge is 2.28. The molecule has 0 spiro atoms. The van der Waals surface area contributed by atoms with E-state index in [1.807, 2.05) is 71.3 Å². The van der Waals surface area contributed by atoms with Gasteiger partial charge in [0.25, 0.3) is 5.91 Å². The zero-order chi connectivity index (χ0) is 31.8. The third-order valence-electron chi connectivity index (χ3n) is 8.08. The van der Waals surface area contributed by atoms with E-state index in [2.05, 4.69) is 15.5 Å². The summed E-state index contributed by atoms with van der Waals surface area (Å²) in [4.78, 5) is 57.0. The van der Waals surface area contributed by atoms with Crippen LogP contribution in [0.25, 0.3) is 0 Å². The summed E-state index contributed by atoms with van der Waals surface area (Å²) in [5.74, 6) is -1.71. The SMILES string of the molecule is Cc1ccc(C(CC(=O)O)NC(=O)c2ccc(N3CCN(C(=O)N4CCOCC4)CC3)c(NC(=O)Cc3ccccc3)c2)cc1. The molecule has 0 aliphatic carbocycles. The van der Waals surface area contributed by atoms with Gasteiger partial charge in [-0.3, -0.25) is 14.4 Å². The molecule has 0 saturated carbocycles. The van der Waals surface area contributed by atoms with Crippen LogP contribution in [0.2, 0.25) is 0 Å². The molecule has 2 heterocycles. The summed E-state index contributed by atoms with van der Waals surface area (Å²) in [6.45, 7) is 6.32. The van der Waals surface area contributed by atoms with Gasteiger partial charge in [-0.2, -0.15) is 0 Å². The second kappa shape index (κ2) is 14.7. The van der Waals surface area contributed by atoms with E-state index in [1.54, 1.807) is 18.2 Å². The Labute approximate surface area is 262 Å². The van der Waals surface area contributed by atoms with Gasteiger partial charge in [0, 0.05) is 44.8 Å². The van der Waals surface area contributed by atoms with Gasteiger partial charge in [-0.15, -0.1) is 0 Å². The monoisotopic (exact) mass is 613 g/mol. The van der Waals surface area contributed by atoms with Crippen molar-refractivity contribution in [3.8, 4) is 0 Å². The first-order valence-electron chi connectivity index (χ1n) is 15.2. The highest BCUT2D eigenvalue weighted by Crippen LogP contribution is 2.30. The zero-order valence-electron chi connectivity index (χ0n) is 25.4. The Hall–Kier alpha value is -4.90. The van der Waals surface area contributed by atoms with Gasteiger partial charge in [0.1, 0.15) is 0 Å². The third kappa shape index (κ3) is 8.39. The normalized spacial score (nSPS) is 15.7. The van der Waals surface area contributed by atoms with E-state index in [9.17, 15) is 24.3 Å². The number of benzene rings is 3. The summed E-state index contributed by atoms with van der Waals surface area (Å²) in [7, 11) is 0. The number of aliphatic carboxylic acids is 1. The van der Waals surface area contributed by atoms with E-state index in [-0.39, 0.29) is 30.3 Å². The second-order valence-electron chi connectivity index (χ2n) is 11.3. The minimum Gasteiger partial charge on any atom is -0.481 e. The van der Waals surface area contributed by atoms with Gasteiger partial charge in [0.15, 0.2) is 0 Å². The maximum atomic E-state index is 13.5. The number of carboxylic acid groups (broad SMARTS) is 1. The first-order valence-corrected chi connectivity index (χ1v) is 15.2. The van der Waals surface area contributed by atoms with Crippen molar-refractivity contribution in [1.29, 1.82) is 0 Å². The number of rotatable bonds is 9. The molecule has 5 rings (SSSR count). The molecule has 0 radical (unpaired) electrons. The molecule has 3 aromatic rings. The molecule has 2 fully saturated rings. The first-order chi connectivity index (χ1) is 21.8. The molecule has 0 aromatic heterocycles. The fourth-order valence-corrected chi connectivity index (χ4v) is 5.59. The third-order valence-corrected chi connectivity index (χ3v) is 8.08. The molecule has 2 aliphatic rings. The number of piperazine rings is 1. The lowest BCUT2D eigenvalue weighted by atomic mass is 10.0. The summed E-state index contributed by atoms with van der Waals surface area (Å²) < 4.78 is 5.38. The first kappa shape index (κ1) is 31.5. The number of anilines is 2. The van der Waals surface area contributed by atoms with Gasteiger partial charge in [0.05, 0.1) is 43.5 Å². The lowest BCUT2D eigenvalue weighted by molar-refractivity contribution is -0.137. The number of urea groups is 1. The van der Waals surface area contributed by atoms with Crippen molar-refractivity contribution in [3.05, 3.63) is 95.1 Å². The molecule has 236 valence electrons. The standard InChI is InChI=1S/C34H39N5O6/c1-24-7-9-26(10-8-24)28(23-32(41)42)36-33(43)27-11-12-30(29(22-27)35-31(40)21-25-5-3-2-4-6-25)37-13-15-38(16-14-37)34(44)39-17-19-45-20-18-39/h2-12,22,28H,13-21,23H2,1H3,(H,35,40)(H,36,43)(H,41,42). The topological polar surface area (TPSA) is 132 Å². The molecular formula is C34H39N5O6. The van der Waals surface area contributed by atoms with Gasteiger partial charge in [-0.1, -0.05) is 60.2 Å². The van der Waals surface area contributed by atoms with Crippen LogP contribution in [-0.4, -0.2) is 91.2 Å². The van der Waals surface area contributed by atoms with Crippen LogP contribution in [0.1, 0.15) is 39.5 Å². The number of morpholine rings is 1. The molecule has 11 heteroatoms. The molecule has 45 heavy (non-hydrogen) atoms. The molecular weight excluding hydrogens is 574 g/mol. The zero-order valence-corrected chi connectivity index (χ0v) is 25.4. The lowest BCUT2D eigenvalue weighted by Crippen LogP contribution is -2.54. The fourth-order valence-electron chi connectivity index (χ4n) is 5.59. The van der Waals surface area contributed by atoms with Crippen LogP contribution in [0.4, 0.5) is 16.2 Å². The number of ether oxygens (including phenoxy) is 1. The van der Waals surface area contributed by atoms with E-state index in [0.717, 1.165) is 16.8 Å². The van der Waals surface area contributed by atoms with E-state index in [4.69, 9.17) is 4.74 Å². The summed E-state index contributed by atoms with van der Waals surface area (Å²) >= 11 is 0. The van der Waals surface area contributed by atoms with Crippen molar-refractivity contribution in [2.75, 3.05) is 62.7 Å². The molecule has 2 aliphatic heterocycles. The van der Waals surface area contributed by atoms with Crippen LogP contribution >= 0.6 is 0 Å². The van der Waals surface area contributed by atoms with Crippen LogP contribution in [0, 0.1) is 6.92 Å². The summed E-state index contributed by atoms with van der Waals surface area (Å²) in [6.07, 6.45) is -0.117. The van der Waals surface area contributed by atoms with E-state index in [0.29, 0.717) is 63.7 Å². The minimum absolute atomic E-state index is 0.00541. The molecule has 4 amide bonds. The van der Waals surface area contributed by atoms with Crippen molar-refractivity contribution in [2.24, 2.45) is 0 Å². The molecule has 1 atom stereocenters. The summed E-state index contributed by atoms with van der Waals surface area (Å²) in [5.41, 5.74) is 4.08. The van der Waals surface area contributed by atoms with Crippen LogP contribution in [0.15, 0.2) is 72.8 Å². The van der Waals surface area contributed by atoms with Crippen molar-refractivity contribution >= 4 is 35.2 Å². The van der Waals surface area contributed by atoms with E-state index >= 15 is 0 Å². The molecule has 11 nitrogen and oxygen atoms in total. The minimum atomic E-state index is -1.03. The fraction of sp³-hybridized carbons (Fsp3) is 0.353. The number of hydrogen-bond acceptors (Lipinski definition) is 6. The molecule has 3 aromatic carbocycles. The largest absolute Gasteiger partial charge is 0.481 e. The summed E-state index contributed by atoms with van der Waals surface area (Å²) in [5, 5.41) is 15.4. The average molecular weight is 614 g/mol. The smallest absolute Gasteiger partial charge is 0.320 e. The maximum Gasteiger partial charge on any atom is 0.320 e. The van der Waals surface area contributed by atoms with Crippen LogP contribution in [0.5, 0.6) is 0 Å². The predicted octanol–water partition coefficient (Wildman–Crippen LogP) is 3.70. The number of hydrogen-bond donors (Lipinski definition) is 3. The lowest BCUT2D eigenvalue weighted by Gasteiger charge is -2.39. The van der Waals surface area contributed by atoms with Crippen molar-refractivity contribution in [1.82, 2.24) is 15.1 Å². The van der Waals surface area contributed by atoms with Crippen molar-refractivity contribution in [3.63, 3.8) is 0 Å². The second-order valence-corrected chi connectivity index (χ2v) is 11.3. The maximum absolute atomic E-state index is 13.5. The number of aryl methyl sites for hydroxylation is 1. The summed E-state index contributed by atoms with van der Waals surface area (Å²) in [6, 6.07) is 21.1. The van der Waals surface area contributed by atoms with Gasteiger partial charge >= 0.3 is 12.0 Å². The van der Waals surface area contributed by atoms with Gasteiger partial charge in [0.2, 0.25) is 5.91 Å². The average Bonchev–Trinajstić information content (AvgIpc) is 3.05. The molecule has 1 unspecified atom stereocenters. The number of carboxylic acids is 1. The molecule has 0 bridgehead atoms. The van der Waals surface area contributed by atoms with Crippen molar-refractivity contribution in [2.45, 2.75) is 25.8 Å². The van der Waals surface area contributed by atoms with Gasteiger partial charge in [-0.25, -0.2) is 4.79 Å². The number of nitrogens with zero attached hydrogens (tertiary/aromatic N) is 3. The Morgan fingerprint density at radius 2 is 1.51 bits per heavy atom. The number of carbonyl (C=O) groups is 4. The number of carbonyl (C=O) groups excluding carboxylic acids is 3. The highest BCUT2D eigenvalue weighted by atomic mass is 16.5. The van der Waals surface area contributed by atoms with E-state index < -0.39 is 17.9 Å². The van der Waals surface area contributed by atoms with E-state index in [1.165, 1.54) is 0 Å². The molecule has 2 saturated heterocycles. The number of nitrogens with one attached hydrogen (secondary N) is 2. The van der Waals surface area contributed by atoms with Crippen LogP contribution in [0.3, 0.4) is 0 Å². The predicted molar refractivity (Wildman–Crippen MR) is 170 cm³/mol. The van der Waals surface area contributed by atoms with Gasteiger partial charge < -0.3 is 35.2 Å². The van der Waals surface area contributed by atoms with Gasteiger partial charge in [-0.05, 0) is 36.2 Å². The number of amides is 4. The quantitative estimate of drug-likeness (QED) is 0.336. The Morgan fingerprint density at radius 1 is 0.844 bits per heavy atom. The highest BCUT2D eigenvalue weighted by molar-refractivity contribution is 6.00. The Kier molecular flexibility index (Phi) is 10.3.